The number of ether oxygens (including phenoxy) is 1. The summed E-state index contributed by atoms with van der Waals surface area (Å²) in [6.07, 6.45) is 33.7. The second-order valence-corrected chi connectivity index (χ2v) is 18.5. The molecule has 0 aromatic heterocycles. The van der Waals surface area contributed by atoms with Crippen LogP contribution in [-0.4, -0.2) is 92.3 Å². The zero-order valence-electron chi connectivity index (χ0n) is 39.8. The topological polar surface area (TPSA) is 208 Å². The number of carbonyl (C=O) groups is 4. The van der Waals surface area contributed by atoms with Crippen LogP contribution >= 0.6 is 0 Å². The standard InChI is InChI=1S/C30H58O2.C22H24N2O8/c1-3-5-7-9-11-13-15-16-17-19-21-23-25-27-29-32-30(31)28-26-24-22-20-18-14-12-10-8-6-4-2;1-7-8-5-4-6-9(25)11(8)16(26)12-10(7)17(27)14-15(24(2)3)18(28)13(21(23)31)20(30)22(14,32)19(12)29/h10,12H,3-9,11,13-29H2,1-2H3;4-7,10,14-15,17,25-27,30,32H,1-3H3,(H2,23,31)/b12-10-;/t;7-,10+,14+,15-,17-,22-/m.0/s1. The molecule has 3 aliphatic carbocycles. The Bertz CT molecular complexity index is 1750. The molecule has 64 heavy (non-hydrogen) atoms. The predicted molar refractivity (Wildman–Crippen MR) is 253 cm³/mol. The molecule has 0 bridgehead atoms. The van der Waals surface area contributed by atoms with Crippen LogP contribution in [0.1, 0.15) is 192 Å². The number of Topliss-reactive ketones (excluding diaryl/α,β-unsaturated/α-hetero) is 2. The van der Waals surface area contributed by atoms with Crippen LogP contribution in [0, 0.1) is 11.8 Å². The van der Waals surface area contributed by atoms with E-state index < -0.39 is 75.6 Å². The van der Waals surface area contributed by atoms with Gasteiger partial charge in [-0.05, 0) is 63.7 Å². The van der Waals surface area contributed by atoms with Crippen molar-refractivity contribution in [1.29, 1.82) is 0 Å². The average Bonchev–Trinajstić information content (AvgIpc) is 3.25. The van der Waals surface area contributed by atoms with Crippen LogP contribution in [0.4, 0.5) is 0 Å². The zero-order valence-corrected chi connectivity index (χ0v) is 39.8. The van der Waals surface area contributed by atoms with E-state index in [0.717, 1.165) is 19.3 Å². The molecule has 1 fully saturated rings. The van der Waals surface area contributed by atoms with Crippen molar-refractivity contribution in [2.24, 2.45) is 17.6 Å². The molecule has 12 nitrogen and oxygen atoms in total. The van der Waals surface area contributed by atoms with E-state index in [9.17, 15) is 44.7 Å². The molecule has 0 heterocycles. The van der Waals surface area contributed by atoms with Gasteiger partial charge in [0.1, 0.15) is 22.8 Å². The highest BCUT2D eigenvalue weighted by Gasteiger charge is 2.68. The van der Waals surface area contributed by atoms with Gasteiger partial charge in [0.05, 0.1) is 30.2 Å². The first-order valence-corrected chi connectivity index (χ1v) is 24.6. The minimum absolute atomic E-state index is 0.0125. The van der Waals surface area contributed by atoms with Gasteiger partial charge in [0.2, 0.25) is 5.78 Å². The Hall–Kier alpha value is -4.00. The van der Waals surface area contributed by atoms with Gasteiger partial charge >= 0.3 is 5.97 Å². The normalized spacial score (nSPS) is 22.9. The molecule has 3 aliphatic rings. The number of unbranched alkanes of at least 4 members (excludes halogenated alkanes) is 20. The smallest absolute Gasteiger partial charge is 0.305 e. The molecule has 6 atom stereocenters. The predicted octanol–water partition coefficient (Wildman–Crippen LogP) is 9.98. The van der Waals surface area contributed by atoms with Gasteiger partial charge < -0.3 is 36.0 Å². The molecule has 12 heteroatoms. The summed E-state index contributed by atoms with van der Waals surface area (Å²) < 4.78 is 5.39. The number of aliphatic hydroxyl groups excluding tert-OH is 3. The number of allylic oxidation sites excluding steroid dienone is 2. The molecule has 0 spiro atoms. The van der Waals surface area contributed by atoms with E-state index in [1.165, 1.54) is 153 Å². The van der Waals surface area contributed by atoms with Gasteiger partial charge in [-0.3, -0.25) is 24.1 Å². The van der Waals surface area contributed by atoms with Gasteiger partial charge in [0.15, 0.2) is 11.4 Å². The molecule has 4 rings (SSSR count). The Kier molecular flexibility index (Phi) is 23.9. The fourth-order valence-corrected chi connectivity index (χ4v) is 9.75. The van der Waals surface area contributed by atoms with Crippen LogP contribution in [0.5, 0.6) is 5.75 Å². The van der Waals surface area contributed by atoms with Crippen molar-refractivity contribution >= 4 is 29.2 Å². The number of phenolic OH excluding ortho intramolecular Hbond substituents is 1. The quantitative estimate of drug-likeness (QED) is 0.0202. The average molecular weight is 895 g/mol. The molecule has 1 aromatic carbocycles. The Morgan fingerprint density at radius 2 is 1.28 bits per heavy atom. The summed E-state index contributed by atoms with van der Waals surface area (Å²) in [4.78, 5) is 51.8. The number of carbonyl (C=O) groups excluding carboxylic acids is 4. The maximum Gasteiger partial charge on any atom is 0.305 e. The SMILES string of the molecule is CCCC/C=C\CCCCCCCC(=O)OCCCCCCCCCCCCCCCC.C[C@H]1c2cccc(O)c2C(O)=C2C(=O)[C@]3(O)C(O)=C(C(N)=O)C(=O)[C@@H](N(C)C)[C@@H]3[C@@H](O)[C@@H]21. The summed E-state index contributed by atoms with van der Waals surface area (Å²) in [5, 5.41) is 54.9. The van der Waals surface area contributed by atoms with E-state index in [2.05, 4.69) is 26.0 Å². The van der Waals surface area contributed by atoms with Gasteiger partial charge in [0.25, 0.3) is 5.91 Å². The number of aromatic hydroxyl groups is 1. The minimum atomic E-state index is -2.89. The number of hydrogen-bond acceptors (Lipinski definition) is 11. The highest BCUT2D eigenvalue weighted by Crippen LogP contribution is 2.56. The fraction of sp³-hybridized carbons (Fsp3) is 0.692. The number of rotatable bonds is 28. The van der Waals surface area contributed by atoms with Crippen molar-refractivity contribution in [2.45, 2.75) is 199 Å². The van der Waals surface area contributed by atoms with E-state index in [-0.39, 0.29) is 17.3 Å². The molecule has 7 N–H and O–H groups in total. The number of hydrogen-bond donors (Lipinski definition) is 6. The first-order valence-electron chi connectivity index (χ1n) is 24.6. The van der Waals surface area contributed by atoms with Gasteiger partial charge in [-0.2, -0.15) is 0 Å². The van der Waals surface area contributed by atoms with Gasteiger partial charge in [-0.15, -0.1) is 0 Å². The number of amides is 1. The van der Waals surface area contributed by atoms with Crippen molar-refractivity contribution in [3.8, 4) is 5.75 Å². The lowest BCUT2D eigenvalue weighted by Crippen LogP contribution is -2.70. The van der Waals surface area contributed by atoms with Gasteiger partial charge in [-0.25, -0.2) is 0 Å². The van der Waals surface area contributed by atoms with E-state index in [1.807, 2.05) is 0 Å². The number of aliphatic hydroxyl groups is 4. The fourth-order valence-electron chi connectivity index (χ4n) is 9.75. The third-order valence-electron chi connectivity index (χ3n) is 13.4. The number of benzene rings is 1. The lowest BCUT2D eigenvalue weighted by Gasteiger charge is -2.53. The molecule has 1 amide bonds. The second-order valence-electron chi connectivity index (χ2n) is 18.5. The van der Waals surface area contributed by atoms with Crippen molar-refractivity contribution in [2.75, 3.05) is 20.7 Å². The first kappa shape index (κ1) is 54.3. The lowest BCUT2D eigenvalue weighted by molar-refractivity contribution is -0.169. The van der Waals surface area contributed by atoms with Crippen LogP contribution in [0.25, 0.3) is 5.76 Å². The van der Waals surface area contributed by atoms with Crippen LogP contribution in [0.2, 0.25) is 0 Å². The Morgan fingerprint density at radius 1 is 0.766 bits per heavy atom. The van der Waals surface area contributed by atoms with Crippen molar-refractivity contribution in [1.82, 2.24) is 4.90 Å². The number of ketones is 2. The third-order valence-corrected chi connectivity index (χ3v) is 13.4. The Balaban J connectivity index is 0.000000340. The number of nitrogens with two attached hydrogens (primary N) is 1. The van der Waals surface area contributed by atoms with Crippen molar-refractivity contribution in [3.63, 3.8) is 0 Å². The van der Waals surface area contributed by atoms with E-state index in [4.69, 9.17) is 10.5 Å². The summed E-state index contributed by atoms with van der Waals surface area (Å²) in [6, 6.07) is 3.13. The molecule has 0 aliphatic heterocycles. The third kappa shape index (κ3) is 14.5. The summed E-state index contributed by atoms with van der Waals surface area (Å²) in [7, 11) is 2.92. The van der Waals surface area contributed by atoms with Crippen LogP contribution in [0.15, 0.2) is 47.3 Å². The number of fused-ring (bicyclic) bond motifs is 3. The highest BCUT2D eigenvalue weighted by molar-refractivity contribution is 6.24. The minimum Gasteiger partial charge on any atom is -0.508 e. The molecule has 0 unspecified atom stereocenters. The summed E-state index contributed by atoms with van der Waals surface area (Å²) in [6.45, 7) is 6.83. The van der Waals surface area contributed by atoms with Crippen LogP contribution in [0.3, 0.4) is 0 Å². The monoisotopic (exact) mass is 895 g/mol. The van der Waals surface area contributed by atoms with E-state index >= 15 is 0 Å². The molecule has 360 valence electrons. The molecule has 1 saturated carbocycles. The molecule has 0 radical (unpaired) electrons. The molecular weight excluding hydrogens is 813 g/mol. The van der Waals surface area contributed by atoms with Crippen LogP contribution in [-0.2, 0) is 23.9 Å². The number of nitrogens with zero attached hydrogens (tertiary/aromatic N) is 1. The number of likely N-dealkylation sites (N-methyl/N-ethyl adjacent to an activating group) is 1. The molecule has 0 saturated heterocycles. The Morgan fingerprint density at radius 3 is 1.83 bits per heavy atom. The maximum atomic E-state index is 13.7. The summed E-state index contributed by atoms with van der Waals surface area (Å²) in [5.41, 5.74) is 1.47. The molecule has 1 aromatic rings. The summed E-state index contributed by atoms with van der Waals surface area (Å²) in [5.74, 6) is -8.85. The van der Waals surface area contributed by atoms with Gasteiger partial charge in [-0.1, -0.05) is 161 Å². The zero-order chi connectivity index (χ0) is 47.2. The van der Waals surface area contributed by atoms with Crippen LogP contribution < -0.4 is 5.73 Å². The molecular formula is C52H82N2O10. The summed E-state index contributed by atoms with van der Waals surface area (Å²) >= 11 is 0. The highest BCUT2D eigenvalue weighted by atomic mass is 16.5. The first-order chi connectivity index (χ1) is 30.7. The number of esters is 1. The van der Waals surface area contributed by atoms with Gasteiger partial charge in [0, 0.05) is 17.9 Å². The second kappa shape index (κ2) is 28.1. The van der Waals surface area contributed by atoms with Crippen molar-refractivity contribution in [3.05, 3.63) is 58.4 Å². The number of phenols is 1. The Labute approximate surface area is 383 Å². The van der Waals surface area contributed by atoms with E-state index in [0.29, 0.717) is 18.6 Å². The van der Waals surface area contributed by atoms with Crippen molar-refractivity contribution < 1.29 is 49.4 Å². The maximum absolute atomic E-state index is 13.7. The lowest BCUT2D eigenvalue weighted by atomic mass is 9.54. The largest absolute Gasteiger partial charge is 0.508 e. The number of primary amides is 1. The van der Waals surface area contributed by atoms with E-state index in [1.54, 1.807) is 19.1 Å².